The Kier molecular flexibility index (Phi) is 5.38. The number of hydrogen-bond donors (Lipinski definition) is 1. The Bertz CT molecular complexity index is 336. The van der Waals surface area contributed by atoms with E-state index in [2.05, 4.69) is 69.4 Å². The van der Waals surface area contributed by atoms with Crippen molar-refractivity contribution in [3.05, 3.63) is 22.4 Å². The second-order valence-electron chi connectivity index (χ2n) is 7.02. The summed E-state index contributed by atoms with van der Waals surface area (Å²) in [5, 5.41) is 5.75. The predicted octanol–water partition coefficient (Wildman–Crippen LogP) is 3.59. The third-order valence-corrected chi connectivity index (χ3v) is 3.66. The van der Waals surface area contributed by atoms with Gasteiger partial charge >= 0.3 is 0 Å². The largest absolute Gasteiger partial charge is 0.311 e. The van der Waals surface area contributed by atoms with Gasteiger partial charge in [0.15, 0.2) is 0 Å². The van der Waals surface area contributed by atoms with Gasteiger partial charge in [0.2, 0.25) is 0 Å². The summed E-state index contributed by atoms with van der Waals surface area (Å²) in [5.74, 6) is 0. The molecule has 0 unspecified atom stereocenters. The molecule has 1 N–H and O–H groups in total. The normalized spacial score (nSPS) is 13.3. The van der Waals surface area contributed by atoms with Crippen LogP contribution in [0.4, 0.5) is 0 Å². The van der Waals surface area contributed by atoms with Crippen LogP contribution in [0.15, 0.2) is 17.5 Å². The first-order chi connectivity index (χ1) is 8.18. The fraction of sp³-hybridized carbons (Fsp3) is 0.733. The lowest BCUT2D eigenvalue weighted by Gasteiger charge is -2.33. The highest BCUT2D eigenvalue weighted by molar-refractivity contribution is 7.09. The van der Waals surface area contributed by atoms with E-state index in [1.165, 1.54) is 4.88 Å². The fourth-order valence-corrected chi connectivity index (χ4v) is 2.80. The molecule has 104 valence electrons. The second-order valence-corrected chi connectivity index (χ2v) is 8.05. The van der Waals surface area contributed by atoms with Crippen LogP contribution in [0, 0.1) is 5.41 Å². The predicted molar refractivity (Wildman–Crippen MR) is 82.2 cm³/mol. The maximum absolute atomic E-state index is 3.60. The first-order valence-electron chi connectivity index (χ1n) is 6.64. The molecule has 3 heteroatoms. The second kappa shape index (κ2) is 6.18. The summed E-state index contributed by atoms with van der Waals surface area (Å²) in [6, 6.07) is 4.34. The van der Waals surface area contributed by atoms with Crippen LogP contribution >= 0.6 is 11.3 Å². The molecule has 0 aliphatic rings. The van der Waals surface area contributed by atoms with Crippen LogP contribution in [0.5, 0.6) is 0 Å². The monoisotopic (exact) mass is 268 g/mol. The molecule has 0 amide bonds. The highest BCUT2D eigenvalue weighted by Gasteiger charge is 2.22. The van der Waals surface area contributed by atoms with E-state index in [0.717, 1.165) is 19.6 Å². The Hall–Kier alpha value is -0.380. The molecule has 1 aromatic heterocycles. The fourth-order valence-electron chi connectivity index (χ4n) is 2.02. The van der Waals surface area contributed by atoms with Gasteiger partial charge in [0.25, 0.3) is 0 Å². The Morgan fingerprint density at radius 2 is 1.89 bits per heavy atom. The van der Waals surface area contributed by atoms with Gasteiger partial charge in [-0.2, -0.15) is 0 Å². The molecule has 18 heavy (non-hydrogen) atoms. The highest BCUT2D eigenvalue weighted by Crippen LogP contribution is 2.19. The van der Waals surface area contributed by atoms with Gasteiger partial charge in [-0.25, -0.2) is 0 Å². The summed E-state index contributed by atoms with van der Waals surface area (Å²) < 4.78 is 0. The van der Waals surface area contributed by atoms with Crippen molar-refractivity contribution in [3.8, 4) is 0 Å². The smallest absolute Gasteiger partial charge is 0.0325 e. The summed E-state index contributed by atoms with van der Waals surface area (Å²) in [5.41, 5.74) is 0.489. The topological polar surface area (TPSA) is 15.3 Å². The Labute approximate surface area is 116 Å². The third kappa shape index (κ3) is 6.53. The standard InChI is InChI=1S/C15H28N2S/c1-14(2,3)16-11-15(4,5)12-17(6)10-13-8-7-9-18-13/h7-9,16H,10-12H2,1-6H3. The molecular formula is C15H28N2S. The molecule has 0 aliphatic heterocycles. The molecule has 1 aromatic rings. The van der Waals surface area contributed by atoms with Crippen LogP contribution in [-0.2, 0) is 6.54 Å². The van der Waals surface area contributed by atoms with Gasteiger partial charge in [0.1, 0.15) is 0 Å². The zero-order valence-corrected chi connectivity index (χ0v) is 13.5. The minimum atomic E-state index is 0.198. The quantitative estimate of drug-likeness (QED) is 0.848. The van der Waals surface area contributed by atoms with Crippen molar-refractivity contribution in [2.24, 2.45) is 5.41 Å². The number of rotatable bonds is 6. The van der Waals surface area contributed by atoms with Crippen LogP contribution in [0.3, 0.4) is 0 Å². The summed E-state index contributed by atoms with van der Waals surface area (Å²) in [6.07, 6.45) is 0. The minimum Gasteiger partial charge on any atom is -0.311 e. The van der Waals surface area contributed by atoms with Gasteiger partial charge in [-0.1, -0.05) is 19.9 Å². The maximum Gasteiger partial charge on any atom is 0.0325 e. The van der Waals surface area contributed by atoms with Gasteiger partial charge in [-0.3, -0.25) is 0 Å². The van der Waals surface area contributed by atoms with Crippen molar-refractivity contribution >= 4 is 11.3 Å². The minimum absolute atomic E-state index is 0.198. The molecule has 0 aromatic carbocycles. The molecule has 0 fully saturated rings. The number of nitrogens with one attached hydrogen (secondary N) is 1. The van der Waals surface area contributed by atoms with Crippen molar-refractivity contribution in [1.82, 2.24) is 10.2 Å². The van der Waals surface area contributed by atoms with Crippen LogP contribution in [0.1, 0.15) is 39.5 Å². The molecule has 0 atom stereocenters. The van der Waals surface area contributed by atoms with Crippen molar-refractivity contribution in [1.29, 1.82) is 0 Å². The van der Waals surface area contributed by atoms with Gasteiger partial charge in [-0.15, -0.1) is 11.3 Å². The molecule has 0 spiro atoms. The average molecular weight is 268 g/mol. The van der Waals surface area contributed by atoms with E-state index in [9.17, 15) is 0 Å². The first kappa shape index (κ1) is 15.7. The molecule has 0 radical (unpaired) electrons. The first-order valence-corrected chi connectivity index (χ1v) is 7.52. The van der Waals surface area contributed by atoms with Crippen molar-refractivity contribution in [2.45, 2.75) is 46.7 Å². The van der Waals surface area contributed by atoms with E-state index in [1.807, 2.05) is 11.3 Å². The molecule has 0 aliphatic carbocycles. The number of hydrogen-bond acceptors (Lipinski definition) is 3. The van der Waals surface area contributed by atoms with E-state index in [-0.39, 0.29) is 5.54 Å². The molecule has 0 saturated heterocycles. The van der Waals surface area contributed by atoms with Crippen LogP contribution in [0.25, 0.3) is 0 Å². The lowest BCUT2D eigenvalue weighted by Crippen LogP contribution is -2.45. The summed E-state index contributed by atoms with van der Waals surface area (Å²) in [4.78, 5) is 3.85. The van der Waals surface area contributed by atoms with Crippen molar-refractivity contribution in [2.75, 3.05) is 20.1 Å². The SMILES string of the molecule is CN(Cc1cccs1)CC(C)(C)CNC(C)(C)C. The molecule has 2 nitrogen and oxygen atoms in total. The molecular weight excluding hydrogens is 240 g/mol. The zero-order chi connectivity index (χ0) is 13.8. The van der Waals surface area contributed by atoms with Crippen LogP contribution in [0.2, 0.25) is 0 Å². The molecule has 1 rings (SSSR count). The van der Waals surface area contributed by atoms with Crippen molar-refractivity contribution in [3.63, 3.8) is 0 Å². The summed E-state index contributed by atoms with van der Waals surface area (Å²) >= 11 is 1.84. The van der Waals surface area contributed by atoms with Gasteiger partial charge < -0.3 is 10.2 Å². The Balaban J connectivity index is 2.39. The van der Waals surface area contributed by atoms with Crippen molar-refractivity contribution < 1.29 is 0 Å². The Morgan fingerprint density at radius 1 is 1.22 bits per heavy atom. The van der Waals surface area contributed by atoms with E-state index in [4.69, 9.17) is 0 Å². The summed E-state index contributed by atoms with van der Waals surface area (Å²) in [6.45, 7) is 14.5. The average Bonchev–Trinajstić information content (AvgIpc) is 2.65. The van der Waals surface area contributed by atoms with Crippen LogP contribution < -0.4 is 5.32 Å². The van der Waals surface area contributed by atoms with E-state index < -0.39 is 0 Å². The number of nitrogens with zero attached hydrogens (tertiary/aromatic N) is 1. The maximum atomic E-state index is 3.60. The Morgan fingerprint density at radius 3 is 2.39 bits per heavy atom. The zero-order valence-electron chi connectivity index (χ0n) is 12.7. The third-order valence-electron chi connectivity index (χ3n) is 2.80. The van der Waals surface area contributed by atoms with Gasteiger partial charge in [0, 0.05) is 30.1 Å². The van der Waals surface area contributed by atoms with Gasteiger partial charge in [-0.05, 0) is 44.7 Å². The van der Waals surface area contributed by atoms with E-state index in [1.54, 1.807) is 0 Å². The highest BCUT2D eigenvalue weighted by atomic mass is 32.1. The van der Waals surface area contributed by atoms with Gasteiger partial charge in [0.05, 0.1) is 0 Å². The molecule has 0 saturated carbocycles. The van der Waals surface area contributed by atoms with Crippen LogP contribution in [-0.4, -0.2) is 30.6 Å². The summed E-state index contributed by atoms with van der Waals surface area (Å²) in [7, 11) is 2.21. The van der Waals surface area contributed by atoms with E-state index >= 15 is 0 Å². The molecule has 1 heterocycles. The lowest BCUT2D eigenvalue weighted by atomic mass is 9.91. The lowest BCUT2D eigenvalue weighted by molar-refractivity contribution is 0.187. The van der Waals surface area contributed by atoms with E-state index in [0.29, 0.717) is 5.41 Å². The molecule has 0 bridgehead atoms. The number of thiophene rings is 1.